The number of halogens is 1. The number of nitrogens with two attached hydrogens (primary N) is 1. The van der Waals surface area contributed by atoms with Crippen molar-refractivity contribution in [3.8, 4) is 0 Å². The molecule has 0 amide bonds. The summed E-state index contributed by atoms with van der Waals surface area (Å²) in [6.07, 6.45) is 2.03. The molecule has 2 rings (SSSR count). The van der Waals surface area contributed by atoms with E-state index in [9.17, 15) is 8.42 Å². The SMILES string of the molecule is Nc1ccc(S(=O)(=O)CC2CC2)cc1Cl. The smallest absolute Gasteiger partial charge is 0.178 e. The number of benzene rings is 1. The second-order valence-electron chi connectivity index (χ2n) is 3.91. The predicted octanol–water partition coefficient (Wildman–Crippen LogP) is 2.11. The summed E-state index contributed by atoms with van der Waals surface area (Å²) in [6.45, 7) is 0. The third kappa shape index (κ3) is 2.44. The largest absolute Gasteiger partial charge is 0.398 e. The maximum absolute atomic E-state index is 11.8. The first-order valence-corrected chi connectivity index (χ1v) is 6.80. The summed E-state index contributed by atoms with van der Waals surface area (Å²) in [4.78, 5) is 0.272. The zero-order valence-corrected chi connectivity index (χ0v) is 9.68. The number of anilines is 1. The van der Waals surface area contributed by atoms with E-state index in [1.807, 2.05) is 0 Å². The molecule has 0 spiro atoms. The zero-order valence-electron chi connectivity index (χ0n) is 8.11. The van der Waals surface area contributed by atoms with Crippen molar-refractivity contribution >= 4 is 27.1 Å². The molecule has 0 aliphatic heterocycles. The van der Waals surface area contributed by atoms with Crippen LogP contribution in [0.5, 0.6) is 0 Å². The predicted molar refractivity (Wildman–Crippen MR) is 60.6 cm³/mol. The average molecular weight is 246 g/mol. The lowest BCUT2D eigenvalue weighted by atomic mass is 10.3. The summed E-state index contributed by atoms with van der Waals surface area (Å²) < 4.78 is 23.7. The molecule has 5 heteroatoms. The topological polar surface area (TPSA) is 60.2 Å². The molecular weight excluding hydrogens is 234 g/mol. The van der Waals surface area contributed by atoms with Gasteiger partial charge in [-0.15, -0.1) is 0 Å². The average Bonchev–Trinajstić information content (AvgIpc) is 2.92. The van der Waals surface area contributed by atoms with E-state index in [1.165, 1.54) is 18.2 Å². The summed E-state index contributed by atoms with van der Waals surface area (Å²) in [7, 11) is -3.18. The first kappa shape index (κ1) is 10.8. The number of hydrogen-bond acceptors (Lipinski definition) is 3. The lowest BCUT2D eigenvalue weighted by Crippen LogP contribution is -2.08. The minimum Gasteiger partial charge on any atom is -0.398 e. The third-order valence-electron chi connectivity index (χ3n) is 2.48. The van der Waals surface area contributed by atoms with Crippen molar-refractivity contribution < 1.29 is 8.42 Å². The summed E-state index contributed by atoms with van der Waals surface area (Å²) in [5.41, 5.74) is 5.92. The van der Waals surface area contributed by atoms with Gasteiger partial charge in [-0.3, -0.25) is 0 Å². The van der Waals surface area contributed by atoms with Gasteiger partial charge < -0.3 is 5.73 Å². The highest BCUT2D eigenvalue weighted by Gasteiger charge is 2.29. The van der Waals surface area contributed by atoms with Crippen LogP contribution in [0.25, 0.3) is 0 Å². The number of hydrogen-bond donors (Lipinski definition) is 1. The van der Waals surface area contributed by atoms with Crippen molar-refractivity contribution in [2.75, 3.05) is 11.5 Å². The van der Waals surface area contributed by atoms with Crippen LogP contribution >= 0.6 is 11.6 Å². The summed E-state index contributed by atoms with van der Waals surface area (Å²) >= 11 is 5.78. The van der Waals surface area contributed by atoms with Crippen molar-refractivity contribution in [3.63, 3.8) is 0 Å². The van der Waals surface area contributed by atoms with E-state index < -0.39 is 9.84 Å². The van der Waals surface area contributed by atoms with Crippen LogP contribution in [0.4, 0.5) is 5.69 Å². The monoisotopic (exact) mass is 245 g/mol. The molecule has 0 bridgehead atoms. The Labute approximate surface area is 94.2 Å². The van der Waals surface area contributed by atoms with E-state index in [-0.39, 0.29) is 10.6 Å². The van der Waals surface area contributed by atoms with E-state index in [4.69, 9.17) is 17.3 Å². The Kier molecular flexibility index (Phi) is 2.64. The highest BCUT2D eigenvalue weighted by atomic mass is 35.5. The lowest BCUT2D eigenvalue weighted by Gasteiger charge is -2.05. The normalized spacial score (nSPS) is 16.6. The van der Waals surface area contributed by atoms with Gasteiger partial charge in [0, 0.05) is 0 Å². The van der Waals surface area contributed by atoms with Gasteiger partial charge in [0.15, 0.2) is 9.84 Å². The fourth-order valence-corrected chi connectivity index (χ4v) is 3.36. The molecule has 1 aromatic carbocycles. The minimum atomic E-state index is -3.18. The van der Waals surface area contributed by atoms with Crippen molar-refractivity contribution in [1.82, 2.24) is 0 Å². The van der Waals surface area contributed by atoms with Crippen LogP contribution in [0, 0.1) is 5.92 Å². The van der Waals surface area contributed by atoms with E-state index in [2.05, 4.69) is 0 Å². The van der Waals surface area contributed by atoms with Gasteiger partial charge in [-0.2, -0.15) is 0 Å². The van der Waals surface area contributed by atoms with Gasteiger partial charge in [0.25, 0.3) is 0 Å². The van der Waals surface area contributed by atoms with E-state index in [1.54, 1.807) is 0 Å². The standard InChI is InChI=1S/C10H12ClNO2S/c11-9-5-8(3-4-10(9)12)15(13,14)6-7-1-2-7/h3-5,7H,1-2,6,12H2. The Balaban J connectivity index is 2.31. The fraction of sp³-hybridized carbons (Fsp3) is 0.400. The molecule has 15 heavy (non-hydrogen) atoms. The molecule has 1 fully saturated rings. The third-order valence-corrected chi connectivity index (χ3v) is 4.69. The van der Waals surface area contributed by atoms with Crippen molar-refractivity contribution in [2.45, 2.75) is 17.7 Å². The van der Waals surface area contributed by atoms with E-state index in [0.717, 1.165) is 12.8 Å². The van der Waals surface area contributed by atoms with E-state index >= 15 is 0 Å². The van der Waals surface area contributed by atoms with Crippen molar-refractivity contribution in [1.29, 1.82) is 0 Å². The fourth-order valence-electron chi connectivity index (χ4n) is 1.39. The molecule has 0 unspecified atom stereocenters. The van der Waals surface area contributed by atoms with Gasteiger partial charge in [0.2, 0.25) is 0 Å². The van der Waals surface area contributed by atoms with Crippen LogP contribution in [-0.2, 0) is 9.84 Å². The molecule has 1 aliphatic rings. The molecule has 0 aromatic heterocycles. The lowest BCUT2D eigenvalue weighted by molar-refractivity contribution is 0.592. The molecule has 1 saturated carbocycles. The highest BCUT2D eigenvalue weighted by molar-refractivity contribution is 7.91. The van der Waals surface area contributed by atoms with Crippen LogP contribution in [0.15, 0.2) is 23.1 Å². The first-order valence-electron chi connectivity index (χ1n) is 4.77. The van der Waals surface area contributed by atoms with Crippen LogP contribution in [0.1, 0.15) is 12.8 Å². The van der Waals surface area contributed by atoms with Crippen molar-refractivity contribution in [2.24, 2.45) is 5.92 Å². The number of rotatable bonds is 3. The summed E-state index contributed by atoms with van der Waals surface area (Å²) in [6, 6.07) is 4.47. The van der Waals surface area contributed by atoms with Gasteiger partial charge >= 0.3 is 0 Å². The Morgan fingerprint density at radius 2 is 2.07 bits per heavy atom. The molecule has 1 aromatic rings. The quantitative estimate of drug-likeness (QED) is 0.830. The minimum absolute atomic E-state index is 0.229. The van der Waals surface area contributed by atoms with E-state index in [0.29, 0.717) is 16.6 Å². The highest BCUT2D eigenvalue weighted by Crippen LogP contribution is 2.33. The van der Waals surface area contributed by atoms with Crippen LogP contribution in [0.2, 0.25) is 5.02 Å². The molecule has 0 radical (unpaired) electrons. The van der Waals surface area contributed by atoms with Crippen LogP contribution < -0.4 is 5.73 Å². The maximum Gasteiger partial charge on any atom is 0.178 e. The molecule has 2 N–H and O–H groups in total. The molecule has 0 heterocycles. The zero-order chi connectivity index (χ0) is 11.1. The molecule has 1 aliphatic carbocycles. The number of sulfone groups is 1. The Hall–Kier alpha value is -0.740. The Morgan fingerprint density at radius 3 is 2.60 bits per heavy atom. The van der Waals surface area contributed by atoms with Gasteiger partial charge in [0.05, 0.1) is 21.4 Å². The molecule has 82 valence electrons. The van der Waals surface area contributed by atoms with Gasteiger partial charge in [-0.05, 0) is 37.0 Å². The number of nitrogen functional groups attached to an aromatic ring is 1. The Morgan fingerprint density at radius 1 is 1.40 bits per heavy atom. The molecule has 0 atom stereocenters. The van der Waals surface area contributed by atoms with Crippen molar-refractivity contribution in [3.05, 3.63) is 23.2 Å². The second-order valence-corrected chi connectivity index (χ2v) is 6.35. The molecule has 0 saturated heterocycles. The summed E-state index contributed by atoms with van der Waals surface area (Å²) in [5, 5.41) is 0.298. The van der Waals surface area contributed by atoms with Crippen LogP contribution in [-0.4, -0.2) is 14.2 Å². The second kappa shape index (κ2) is 3.68. The van der Waals surface area contributed by atoms with Crippen LogP contribution in [0.3, 0.4) is 0 Å². The maximum atomic E-state index is 11.8. The first-order chi connectivity index (χ1) is 6.99. The van der Waals surface area contributed by atoms with Gasteiger partial charge in [-0.1, -0.05) is 11.6 Å². The summed E-state index contributed by atoms with van der Waals surface area (Å²) in [5.74, 6) is 0.569. The van der Waals surface area contributed by atoms with Gasteiger partial charge in [0.1, 0.15) is 0 Å². The van der Waals surface area contributed by atoms with Gasteiger partial charge in [-0.25, -0.2) is 8.42 Å². The Bertz CT molecular complexity index is 480. The molecule has 3 nitrogen and oxygen atoms in total. The molecular formula is C10H12ClNO2S.